The summed E-state index contributed by atoms with van der Waals surface area (Å²) in [6.07, 6.45) is -0.742. The largest absolute Gasteiger partial charge is 0.497 e. The van der Waals surface area contributed by atoms with Crippen LogP contribution in [0.1, 0.15) is 98.1 Å². The van der Waals surface area contributed by atoms with Crippen LogP contribution in [0, 0.1) is 17.2 Å². The third kappa shape index (κ3) is 13.8. The molecule has 0 aliphatic carbocycles. The lowest BCUT2D eigenvalue weighted by Gasteiger charge is -2.39. The van der Waals surface area contributed by atoms with E-state index in [1.54, 1.807) is 25.1 Å². The van der Waals surface area contributed by atoms with Crippen LogP contribution in [0.15, 0.2) is 90.0 Å². The number of imidazole rings is 1. The summed E-state index contributed by atoms with van der Waals surface area (Å²) >= 11 is 0. The predicted octanol–water partition coefficient (Wildman–Crippen LogP) is 10.7. The topological polar surface area (TPSA) is 167 Å². The van der Waals surface area contributed by atoms with Crippen molar-refractivity contribution in [3.05, 3.63) is 112 Å². The molecule has 6 rings (SSSR count). The average molecular weight is 1000 g/mol. The Balaban J connectivity index is 1.51. The molecule has 0 radical (unpaired) electrons. The first-order valence-electron chi connectivity index (χ1n) is 23.6. The van der Waals surface area contributed by atoms with Gasteiger partial charge < -0.3 is 38.0 Å². The summed E-state index contributed by atoms with van der Waals surface area (Å²) in [6, 6.07) is 28.1. The highest BCUT2D eigenvalue weighted by molar-refractivity contribution is 8.77. The molecular weight excluding hydrogens is 934 g/mol. The Morgan fingerprint density at radius 3 is 2.09 bits per heavy atom. The second kappa shape index (κ2) is 25.3. The van der Waals surface area contributed by atoms with E-state index >= 15 is 0 Å². The minimum absolute atomic E-state index is 0.00137. The minimum Gasteiger partial charge on any atom is -0.497 e. The van der Waals surface area contributed by atoms with Crippen molar-refractivity contribution in [3.63, 3.8) is 0 Å². The molecule has 5 atom stereocenters. The van der Waals surface area contributed by atoms with Crippen molar-refractivity contribution >= 4 is 47.2 Å². The molecule has 1 aliphatic heterocycles. The molecule has 0 amide bonds. The lowest BCUT2D eigenvalue weighted by molar-refractivity contribution is -0.0953. The molecule has 3 aromatic carbocycles. The molecule has 0 bridgehead atoms. The standard InChI is InChI=1S/C51H70N7O8PS2/c1-34(2)31-53-49-55-46-43(47(59)56-49)54-33-57(46)48-45(62-28-16-30-68-69-50(7,8)9)44(66-67(64-29-15-27-52)58(35(3)4)36(5)6)42(65-48)32-63-51(37-17-13-12-14-18-37,38-19-23-40(60-10)24-20-38)39-21-25-41(61-11)26-22-39/h12-14,17-26,33-36,42,44-45,48H,15-16,28-32H2,1-11H3,(H2,53,55,56,59)/t42-,44-,45-,48-,67?/m1/s1. The molecule has 2 aromatic heterocycles. The summed E-state index contributed by atoms with van der Waals surface area (Å²) in [5.41, 5.74) is 1.50. The number of anilines is 1. The van der Waals surface area contributed by atoms with Gasteiger partial charge in [-0.25, -0.2) is 9.65 Å². The lowest BCUT2D eigenvalue weighted by Crippen LogP contribution is -2.43. The number of methoxy groups -OCH3 is 2. The maximum atomic E-state index is 13.6. The van der Waals surface area contributed by atoms with Gasteiger partial charge in [-0.15, -0.1) is 0 Å². The van der Waals surface area contributed by atoms with Crippen molar-refractivity contribution < 1.29 is 32.7 Å². The smallest absolute Gasteiger partial charge is 0.280 e. The molecule has 0 spiro atoms. The van der Waals surface area contributed by atoms with Gasteiger partial charge >= 0.3 is 0 Å². The van der Waals surface area contributed by atoms with Gasteiger partial charge in [-0.05, 0) is 81.0 Å². The number of rotatable bonds is 26. The lowest BCUT2D eigenvalue weighted by atomic mass is 9.80. The number of nitriles is 1. The number of nitrogens with zero attached hydrogens (tertiary/aromatic N) is 5. The van der Waals surface area contributed by atoms with Crippen molar-refractivity contribution in [2.24, 2.45) is 5.92 Å². The summed E-state index contributed by atoms with van der Waals surface area (Å²) in [5.74, 6) is 2.88. The van der Waals surface area contributed by atoms with Crippen LogP contribution in [0.3, 0.4) is 0 Å². The van der Waals surface area contributed by atoms with E-state index in [0.29, 0.717) is 42.2 Å². The third-order valence-electron chi connectivity index (χ3n) is 11.2. The Morgan fingerprint density at radius 1 is 0.899 bits per heavy atom. The van der Waals surface area contributed by atoms with Gasteiger partial charge in [0.25, 0.3) is 14.1 Å². The van der Waals surface area contributed by atoms with Crippen molar-refractivity contribution in [3.8, 4) is 17.6 Å². The molecule has 18 heteroatoms. The number of aromatic amines is 1. The normalized spacial score (nSPS) is 18.1. The first-order chi connectivity index (χ1) is 33.1. The monoisotopic (exact) mass is 1000 g/mol. The van der Waals surface area contributed by atoms with Crippen LogP contribution in [-0.2, 0) is 28.9 Å². The average Bonchev–Trinajstić information content (AvgIpc) is 3.90. The van der Waals surface area contributed by atoms with E-state index in [1.165, 1.54) is 0 Å². The van der Waals surface area contributed by atoms with Crippen LogP contribution < -0.4 is 20.3 Å². The summed E-state index contributed by atoms with van der Waals surface area (Å²) in [5, 5.41) is 12.9. The molecule has 69 heavy (non-hydrogen) atoms. The molecule has 5 aromatic rings. The van der Waals surface area contributed by atoms with Crippen LogP contribution in [0.25, 0.3) is 11.2 Å². The number of hydrogen-bond donors (Lipinski definition) is 2. The van der Waals surface area contributed by atoms with Gasteiger partial charge in [-0.2, -0.15) is 10.2 Å². The molecule has 3 heterocycles. The number of hydrogen-bond acceptors (Lipinski definition) is 15. The Hall–Kier alpha value is -4.21. The Labute approximate surface area is 417 Å². The molecule has 374 valence electrons. The van der Waals surface area contributed by atoms with Crippen LogP contribution in [-0.4, -0.2) is 106 Å². The van der Waals surface area contributed by atoms with E-state index in [1.807, 2.05) is 88.3 Å². The Bertz CT molecular complexity index is 2390. The van der Waals surface area contributed by atoms with Gasteiger partial charge in [0, 0.05) is 35.7 Å². The molecule has 2 N–H and O–H groups in total. The van der Waals surface area contributed by atoms with E-state index in [4.69, 9.17) is 37.7 Å². The molecule has 1 saturated heterocycles. The highest BCUT2D eigenvalue weighted by Gasteiger charge is 2.52. The van der Waals surface area contributed by atoms with E-state index < -0.39 is 38.7 Å². The first-order valence-corrected chi connectivity index (χ1v) is 27.1. The fourth-order valence-electron chi connectivity index (χ4n) is 8.10. The third-order valence-corrected chi connectivity index (χ3v) is 16.7. The molecule has 1 fully saturated rings. The molecule has 0 saturated carbocycles. The number of H-pyrrole nitrogens is 1. The first kappa shape index (κ1) is 54.1. The summed E-state index contributed by atoms with van der Waals surface area (Å²) in [7, 11) is 5.14. The van der Waals surface area contributed by atoms with Crippen molar-refractivity contribution in [1.29, 1.82) is 5.26 Å². The zero-order valence-electron chi connectivity index (χ0n) is 41.8. The van der Waals surface area contributed by atoms with Crippen molar-refractivity contribution in [2.75, 3.05) is 51.7 Å². The fourth-order valence-corrected chi connectivity index (χ4v) is 12.2. The van der Waals surface area contributed by atoms with Crippen LogP contribution in [0.4, 0.5) is 5.95 Å². The van der Waals surface area contributed by atoms with Crippen molar-refractivity contribution in [1.82, 2.24) is 24.2 Å². The fraction of sp³-hybridized carbons (Fsp3) is 0.529. The maximum absolute atomic E-state index is 13.6. The number of fused-ring (bicyclic) bond motifs is 1. The quantitative estimate of drug-likeness (QED) is 0.0232. The number of ether oxygens (including phenoxy) is 5. The summed E-state index contributed by atoms with van der Waals surface area (Å²) in [4.78, 5) is 25.9. The number of benzene rings is 3. The van der Waals surface area contributed by atoms with E-state index in [-0.39, 0.29) is 47.5 Å². The van der Waals surface area contributed by atoms with Crippen molar-refractivity contribution in [2.45, 2.75) is 122 Å². The van der Waals surface area contributed by atoms with Gasteiger partial charge in [0.05, 0.1) is 46.3 Å². The summed E-state index contributed by atoms with van der Waals surface area (Å²) in [6.45, 7) is 20.3. The molecule has 1 unspecified atom stereocenters. The highest BCUT2D eigenvalue weighted by atomic mass is 33.1. The van der Waals surface area contributed by atoms with Gasteiger partial charge in [0.15, 0.2) is 17.4 Å². The number of aromatic nitrogens is 4. The van der Waals surface area contributed by atoms with Gasteiger partial charge in [0.2, 0.25) is 5.95 Å². The zero-order valence-corrected chi connectivity index (χ0v) is 44.4. The predicted molar refractivity (Wildman–Crippen MR) is 278 cm³/mol. The second-order valence-corrected chi connectivity index (χ2v) is 23.4. The van der Waals surface area contributed by atoms with Gasteiger partial charge in [-0.3, -0.25) is 14.3 Å². The SMILES string of the molecule is COc1ccc(C(OC[C@H]2O[C@@H](n3cnc4c(=O)[nH]c(NCC(C)C)nc43)[C@H](OCCCSSC(C)(C)C)[C@@H]2OP(OCCC#N)N(C(C)C)C(C)C)(c2ccccc2)c2ccc(OC)cc2)cc1. The van der Waals surface area contributed by atoms with Crippen LogP contribution in [0.2, 0.25) is 0 Å². The summed E-state index contributed by atoms with van der Waals surface area (Å²) < 4.78 is 51.0. The Morgan fingerprint density at radius 2 is 1.52 bits per heavy atom. The van der Waals surface area contributed by atoms with E-state index in [0.717, 1.165) is 28.9 Å². The highest BCUT2D eigenvalue weighted by Crippen LogP contribution is 2.52. The molecule has 15 nitrogen and oxygen atoms in total. The number of nitrogens with one attached hydrogen (secondary N) is 2. The zero-order chi connectivity index (χ0) is 49.7. The molecular formula is C51H70N7O8PS2. The van der Waals surface area contributed by atoms with Crippen LogP contribution in [0.5, 0.6) is 11.5 Å². The van der Waals surface area contributed by atoms with Gasteiger partial charge in [-0.1, -0.05) is 111 Å². The minimum atomic E-state index is -1.80. The van der Waals surface area contributed by atoms with E-state index in [9.17, 15) is 10.1 Å². The van der Waals surface area contributed by atoms with E-state index in [2.05, 4.69) is 100 Å². The maximum Gasteiger partial charge on any atom is 0.280 e. The molecule has 1 aliphatic rings. The van der Waals surface area contributed by atoms with Gasteiger partial charge in [0.1, 0.15) is 35.4 Å². The van der Waals surface area contributed by atoms with Crippen LogP contribution >= 0.6 is 30.1 Å². The second-order valence-electron chi connectivity index (χ2n) is 18.7. The Kier molecular flexibility index (Phi) is 19.8.